The number of likely N-dealkylation sites (N-methyl/N-ethyl adjacent to an activating group) is 1. The minimum Gasteiger partial charge on any atom is -0.349 e. The lowest BCUT2D eigenvalue weighted by Crippen LogP contribution is -2.23. The molecule has 2 aromatic carbocycles. The molecule has 0 saturated heterocycles. The maximum Gasteiger partial charge on any atom is 0.259 e. The maximum absolute atomic E-state index is 12.8. The number of carbonyl (C=O) groups is 2. The molecule has 0 fully saturated rings. The molecule has 0 unspecified atom stereocenters. The van der Waals surface area contributed by atoms with E-state index in [0.29, 0.717) is 29.1 Å². The first-order chi connectivity index (χ1) is 13.9. The maximum atomic E-state index is 12.8. The molecule has 7 heteroatoms. The van der Waals surface area contributed by atoms with Crippen molar-refractivity contribution in [3.05, 3.63) is 76.6 Å². The summed E-state index contributed by atoms with van der Waals surface area (Å²) in [7, 11) is 3.46. The number of carbonyl (C=O) groups excluding carboxylic acids is 2. The van der Waals surface area contributed by atoms with E-state index in [1.165, 1.54) is 0 Å². The molecule has 0 aliphatic rings. The smallest absolute Gasteiger partial charge is 0.259 e. The van der Waals surface area contributed by atoms with E-state index in [1.807, 2.05) is 37.3 Å². The molecule has 3 aromatic rings. The Kier molecular flexibility index (Phi) is 6.34. The second-order valence-electron chi connectivity index (χ2n) is 6.87. The monoisotopic (exact) mass is 410 g/mol. The van der Waals surface area contributed by atoms with Crippen LogP contribution in [0.25, 0.3) is 5.69 Å². The first-order valence-electron chi connectivity index (χ1n) is 9.32. The number of hydrogen-bond donors (Lipinski definition) is 1. The van der Waals surface area contributed by atoms with Gasteiger partial charge in [-0.05, 0) is 42.3 Å². The molecule has 0 saturated carbocycles. The molecule has 0 bridgehead atoms. The highest BCUT2D eigenvalue weighted by Crippen LogP contribution is 2.20. The van der Waals surface area contributed by atoms with Crippen LogP contribution in [0.5, 0.6) is 0 Å². The van der Waals surface area contributed by atoms with Crippen LogP contribution in [0.4, 0.5) is 5.69 Å². The van der Waals surface area contributed by atoms with E-state index in [-0.39, 0.29) is 11.8 Å². The Bertz CT molecular complexity index is 1030. The number of nitrogens with one attached hydrogen (secondary N) is 1. The van der Waals surface area contributed by atoms with Gasteiger partial charge in [0.25, 0.3) is 5.91 Å². The number of halogens is 1. The lowest BCUT2D eigenvalue weighted by molar-refractivity contribution is -0.127. The van der Waals surface area contributed by atoms with Crippen molar-refractivity contribution in [1.29, 1.82) is 0 Å². The SMILES string of the molecule is CCc1c(C(=O)Nc2ccc(CC(=O)N(C)C)cc2)cnn1-c1cccc(Cl)c1. The third-order valence-electron chi connectivity index (χ3n) is 4.57. The van der Waals surface area contributed by atoms with Crippen LogP contribution in [0.2, 0.25) is 5.02 Å². The molecule has 3 rings (SSSR count). The van der Waals surface area contributed by atoms with Gasteiger partial charge in [-0.1, -0.05) is 36.7 Å². The van der Waals surface area contributed by atoms with E-state index in [0.717, 1.165) is 16.9 Å². The van der Waals surface area contributed by atoms with Crippen molar-refractivity contribution in [1.82, 2.24) is 14.7 Å². The molecule has 150 valence electrons. The summed E-state index contributed by atoms with van der Waals surface area (Å²) in [5.41, 5.74) is 3.68. The van der Waals surface area contributed by atoms with Crippen LogP contribution in [0, 0.1) is 0 Å². The van der Waals surface area contributed by atoms with Gasteiger partial charge in [0.15, 0.2) is 0 Å². The second-order valence-corrected chi connectivity index (χ2v) is 7.30. The minimum atomic E-state index is -0.229. The Labute approximate surface area is 175 Å². The molecular formula is C22H23ClN4O2. The van der Waals surface area contributed by atoms with Gasteiger partial charge < -0.3 is 10.2 Å². The predicted molar refractivity (Wildman–Crippen MR) is 115 cm³/mol. The van der Waals surface area contributed by atoms with Crippen LogP contribution >= 0.6 is 11.6 Å². The Hall–Kier alpha value is -3.12. The molecule has 1 heterocycles. The molecule has 6 nitrogen and oxygen atoms in total. The summed E-state index contributed by atoms with van der Waals surface area (Å²) in [5, 5.41) is 7.89. The molecule has 0 aliphatic carbocycles. The molecule has 0 atom stereocenters. The van der Waals surface area contributed by atoms with Crippen molar-refractivity contribution in [2.45, 2.75) is 19.8 Å². The van der Waals surface area contributed by atoms with Gasteiger partial charge in [-0.2, -0.15) is 5.10 Å². The summed E-state index contributed by atoms with van der Waals surface area (Å²) >= 11 is 6.08. The van der Waals surface area contributed by atoms with Gasteiger partial charge in [-0.3, -0.25) is 9.59 Å². The van der Waals surface area contributed by atoms with Crippen molar-refractivity contribution in [3.8, 4) is 5.69 Å². The number of nitrogens with zero attached hydrogens (tertiary/aromatic N) is 3. The van der Waals surface area contributed by atoms with Crippen LogP contribution in [0.1, 0.15) is 28.5 Å². The van der Waals surface area contributed by atoms with Gasteiger partial charge >= 0.3 is 0 Å². The van der Waals surface area contributed by atoms with Gasteiger partial charge in [0, 0.05) is 24.8 Å². The van der Waals surface area contributed by atoms with Crippen LogP contribution in [-0.4, -0.2) is 40.6 Å². The number of hydrogen-bond acceptors (Lipinski definition) is 3. The third kappa shape index (κ3) is 4.84. The summed E-state index contributed by atoms with van der Waals surface area (Å²) in [6.07, 6.45) is 2.54. The first kappa shape index (κ1) is 20.6. The summed E-state index contributed by atoms with van der Waals surface area (Å²) in [5.74, 6) is -0.199. The molecule has 0 radical (unpaired) electrons. The average Bonchev–Trinajstić information content (AvgIpc) is 3.13. The zero-order valence-corrected chi connectivity index (χ0v) is 17.4. The minimum absolute atomic E-state index is 0.0304. The van der Waals surface area contributed by atoms with Crippen molar-refractivity contribution in [2.75, 3.05) is 19.4 Å². The fraction of sp³-hybridized carbons (Fsp3) is 0.227. The molecule has 2 amide bonds. The number of amides is 2. The highest BCUT2D eigenvalue weighted by Gasteiger charge is 2.17. The normalized spacial score (nSPS) is 10.6. The van der Waals surface area contributed by atoms with E-state index in [4.69, 9.17) is 11.6 Å². The summed E-state index contributed by atoms with van der Waals surface area (Å²) in [6, 6.07) is 14.6. The molecular weight excluding hydrogens is 388 g/mol. The van der Waals surface area contributed by atoms with E-state index >= 15 is 0 Å². The fourth-order valence-corrected chi connectivity index (χ4v) is 3.16. The van der Waals surface area contributed by atoms with E-state index in [1.54, 1.807) is 48.1 Å². The van der Waals surface area contributed by atoms with Gasteiger partial charge in [-0.25, -0.2) is 4.68 Å². The third-order valence-corrected chi connectivity index (χ3v) is 4.80. The lowest BCUT2D eigenvalue weighted by Gasteiger charge is -2.11. The highest BCUT2D eigenvalue weighted by atomic mass is 35.5. The summed E-state index contributed by atoms with van der Waals surface area (Å²) in [4.78, 5) is 26.2. The van der Waals surface area contributed by atoms with Gasteiger partial charge in [0.2, 0.25) is 5.91 Å². The average molecular weight is 411 g/mol. The van der Waals surface area contributed by atoms with Crippen molar-refractivity contribution < 1.29 is 9.59 Å². The number of rotatable bonds is 6. The van der Waals surface area contributed by atoms with E-state index in [2.05, 4.69) is 10.4 Å². The van der Waals surface area contributed by atoms with E-state index in [9.17, 15) is 9.59 Å². The van der Waals surface area contributed by atoms with Crippen molar-refractivity contribution >= 4 is 29.1 Å². The van der Waals surface area contributed by atoms with Crippen molar-refractivity contribution in [2.24, 2.45) is 0 Å². The lowest BCUT2D eigenvalue weighted by atomic mass is 10.1. The molecule has 29 heavy (non-hydrogen) atoms. The standard InChI is InChI=1S/C22H23ClN4O2/c1-4-20-19(14-24-27(20)18-7-5-6-16(23)13-18)22(29)25-17-10-8-15(9-11-17)12-21(28)26(2)3/h5-11,13-14H,4,12H2,1-3H3,(H,25,29). The fourth-order valence-electron chi connectivity index (χ4n) is 2.97. The second kappa shape index (κ2) is 8.92. The largest absolute Gasteiger partial charge is 0.349 e. The summed E-state index contributed by atoms with van der Waals surface area (Å²) in [6.45, 7) is 1.98. The van der Waals surface area contributed by atoms with Crippen LogP contribution < -0.4 is 5.32 Å². The molecule has 0 aliphatic heterocycles. The molecule has 1 aromatic heterocycles. The van der Waals surface area contributed by atoms with Crippen LogP contribution in [-0.2, 0) is 17.6 Å². The predicted octanol–water partition coefficient (Wildman–Crippen LogP) is 3.97. The first-order valence-corrected chi connectivity index (χ1v) is 9.70. The zero-order chi connectivity index (χ0) is 21.0. The number of benzene rings is 2. The Morgan fingerprint density at radius 1 is 1.14 bits per heavy atom. The number of anilines is 1. The molecule has 0 spiro atoms. The summed E-state index contributed by atoms with van der Waals surface area (Å²) < 4.78 is 1.73. The molecule has 1 N–H and O–H groups in total. The highest BCUT2D eigenvalue weighted by molar-refractivity contribution is 6.30. The van der Waals surface area contributed by atoms with Crippen LogP contribution in [0.15, 0.2) is 54.7 Å². The Morgan fingerprint density at radius 3 is 2.48 bits per heavy atom. The van der Waals surface area contributed by atoms with Crippen molar-refractivity contribution in [3.63, 3.8) is 0 Å². The van der Waals surface area contributed by atoms with Gasteiger partial charge in [-0.15, -0.1) is 0 Å². The van der Waals surface area contributed by atoms with Crippen LogP contribution in [0.3, 0.4) is 0 Å². The quantitative estimate of drug-likeness (QED) is 0.668. The van der Waals surface area contributed by atoms with Gasteiger partial charge in [0.05, 0.1) is 29.6 Å². The zero-order valence-electron chi connectivity index (χ0n) is 16.6. The number of aromatic nitrogens is 2. The topological polar surface area (TPSA) is 67.2 Å². The Balaban J connectivity index is 1.77. The van der Waals surface area contributed by atoms with E-state index < -0.39 is 0 Å². The van der Waals surface area contributed by atoms with Gasteiger partial charge in [0.1, 0.15) is 0 Å². The Morgan fingerprint density at radius 2 is 1.86 bits per heavy atom.